The molecule has 2 aromatic rings. The third-order valence-electron chi connectivity index (χ3n) is 4.67. The van der Waals surface area contributed by atoms with E-state index in [1.807, 2.05) is 25.2 Å². The van der Waals surface area contributed by atoms with Crippen molar-refractivity contribution in [2.45, 2.75) is 51.8 Å². The lowest BCUT2D eigenvalue weighted by Crippen LogP contribution is -2.19. The van der Waals surface area contributed by atoms with Crippen molar-refractivity contribution in [3.63, 3.8) is 0 Å². The van der Waals surface area contributed by atoms with Gasteiger partial charge >= 0.3 is 0 Å². The summed E-state index contributed by atoms with van der Waals surface area (Å²) < 4.78 is 8.23. The SMILES string of the molecule is CNCc1cc(OCc2ccccc2)n(C2CCC(C)CC2)n1. The van der Waals surface area contributed by atoms with Crippen molar-refractivity contribution >= 4 is 0 Å². The van der Waals surface area contributed by atoms with Crippen molar-refractivity contribution in [2.75, 3.05) is 7.05 Å². The van der Waals surface area contributed by atoms with E-state index in [9.17, 15) is 0 Å². The summed E-state index contributed by atoms with van der Waals surface area (Å²) in [5.41, 5.74) is 2.24. The van der Waals surface area contributed by atoms with Crippen molar-refractivity contribution in [1.82, 2.24) is 15.1 Å². The van der Waals surface area contributed by atoms with Crippen LogP contribution >= 0.6 is 0 Å². The fourth-order valence-electron chi connectivity index (χ4n) is 3.28. The molecule has 0 atom stereocenters. The molecular weight excluding hydrogens is 286 g/mol. The first kappa shape index (κ1) is 16.1. The van der Waals surface area contributed by atoms with E-state index in [1.165, 1.54) is 31.2 Å². The molecule has 1 aromatic carbocycles. The Morgan fingerprint density at radius 3 is 2.61 bits per heavy atom. The summed E-state index contributed by atoms with van der Waals surface area (Å²) in [5, 5.41) is 7.97. The molecular formula is C19H27N3O. The summed E-state index contributed by atoms with van der Waals surface area (Å²) in [6.07, 6.45) is 4.96. The monoisotopic (exact) mass is 313 g/mol. The zero-order valence-electron chi connectivity index (χ0n) is 14.2. The number of hydrogen-bond acceptors (Lipinski definition) is 3. The summed E-state index contributed by atoms with van der Waals surface area (Å²) in [7, 11) is 1.95. The fourth-order valence-corrected chi connectivity index (χ4v) is 3.28. The maximum Gasteiger partial charge on any atom is 0.212 e. The molecule has 124 valence electrons. The van der Waals surface area contributed by atoms with Crippen LogP contribution in [0.25, 0.3) is 0 Å². The maximum atomic E-state index is 6.10. The largest absolute Gasteiger partial charge is 0.473 e. The molecule has 4 heteroatoms. The molecule has 1 saturated carbocycles. The van der Waals surface area contributed by atoms with E-state index < -0.39 is 0 Å². The average molecular weight is 313 g/mol. The molecule has 23 heavy (non-hydrogen) atoms. The molecule has 1 aromatic heterocycles. The second kappa shape index (κ2) is 7.64. The van der Waals surface area contributed by atoms with Crippen LogP contribution in [-0.4, -0.2) is 16.8 Å². The van der Waals surface area contributed by atoms with E-state index in [0.29, 0.717) is 12.6 Å². The summed E-state index contributed by atoms with van der Waals surface area (Å²) in [6.45, 7) is 3.71. The van der Waals surface area contributed by atoms with Crippen LogP contribution in [0.5, 0.6) is 5.88 Å². The van der Waals surface area contributed by atoms with E-state index in [2.05, 4.69) is 35.1 Å². The Morgan fingerprint density at radius 1 is 1.17 bits per heavy atom. The van der Waals surface area contributed by atoms with E-state index in [1.54, 1.807) is 0 Å². The molecule has 3 rings (SSSR count). The highest BCUT2D eigenvalue weighted by Gasteiger charge is 2.23. The minimum atomic E-state index is 0.475. The average Bonchev–Trinajstić information content (AvgIpc) is 2.98. The lowest BCUT2D eigenvalue weighted by molar-refractivity contribution is 0.221. The first-order valence-corrected chi connectivity index (χ1v) is 8.66. The number of aromatic nitrogens is 2. The topological polar surface area (TPSA) is 39.1 Å². The van der Waals surface area contributed by atoms with Crippen LogP contribution in [0.1, 0.15) is 49.9 Å². The maximum absolute atomic E-state index is 6.10. The minimum absolute atomic E-state index is 0.475. The number of nitrogens with zero attached hydrogens (tertiary/aromatic N) is 2. The van der Waals surface area contributed by atoms with Crippen LogP contribution in [0.2, 0.25) is 0 Å². The Balaban J connectivity index is 1.74. The van der Waals surface area contributed by atoms with Crippen LogP contribution in [0.15, 0.2) is 36.4 Å². The van der Waals surface area contributed by atoms with Gasteiger partial charge in [-0.25, -0.2) is 4.68 Å². The minimum Gasteiger partial charge on any atom is -0.473 e. The highest BCUT2D eigenvalue weighted by Crippen LogP contribution is 2.34. The van der Waals surface area contributed by atoms with Gasteiger partial charge < -0.3 is 10.1 Å². The molecule has 1 aliphatic rings. The lowest BCUT2D eigenvalue weighted by Gasteiger charge is -2.27. The summed E-state index contributed by atoms with van der Waals surface area (Å²) in [5.74, 6) is 1.74. The highest BCUT2D eigenvalue weighted by atomic mass is 16.5. The predicted molar refractivity (Wildman–Crippen MR) is 92.4 cm³/mol. The van der Waals surface area contributed by atoms with Gasteiger partial charge in [-0.2, -0.15) is 5.10 Å². The number of rotatable bonds is 6. The van der Waals surface area contributed by atoms with Gasteiger partial charge in [-0.05, 0) is 44.2 Å². The highest BCUT2D eigenvalue weighted by molar-refractivity contribution is 5.19. The van der Waals surface area contributed by atoms with E-state index in [0.717, 1.165) is 24.0 Å². The Bertz CT molecular complexity index is 600. The van der Waals surface area contributed by atoms with Crippen molar-refractivity contribution in [2.24, 2.45) is 5.92 Å². The quantitative estimate of drug-likeness (QED) is 0.878. The van der Waals surface area contributed by atoms with Gasteiger partial charge in [-0.1, -0.05) is 37.3 Å². The van der Waals surface area contributed by atoms with Crippen molar-refractivity contribution in [3.8, 4) is 5.88 Å². The van der Waals surface area contributed by atoms with Gasteiger partial charge in [0.25, 0.3) is 0 Å². The Hall–Kier alpha value is -1.81. The van der Waals surface area contributed by atoms with Crippen molar-refractivity contribution in [1.29, 1.82) is 0 Å². The second-order valence-electron chi connectivity index (χ2n) is 6.64. The van der Waals surface area contributed by atoms with Gasteiger partial charge in [-0.3, -0.25) is 0 Å². The zero-order valence-corrected chi connectivity index (χ0v) is 14.2. The van der Waals surface area contributed by atoms with Crippen molar-refractivity contribution in [3.05, 3.63) is 47.7 Å². The molecule has 1 N–H and O–H groups in total. The van der Waals surface area contributed by atoms with Gasteiger partial charge in [0.1, 0.15) is 6.61 Å². The first-order valence-electron chi connectivity index (χ1n) is 8.66. The lowest BCUT2D eigenvalue weighted by atomic mass is 9.87. The molecule has 0 saturated heterocycles. The summed E-state index contributed by atoms with van der Waals surface area (Å²) >= 11 is 0. The Kier molecular flexibility index (Phi) is 5.34. The van der Waals surface area contributed by atoms with Gasteiger partial charge in [0, 0.05) is 12.6 Å². The van der Waals surface area contributed by atoms with Gasteiger partial charge in [-0.15, -0.1) is 0 Å². The Labute approximate surface area is 138 Å². The van der Waals surface area contributed by atoms with E-state index in [-0.39, 0.29) is 0 Å². The van der Waals surface area contributed by atoms with Crippen LogP contribution in [0.4, 0.5) is 0 Å². The fraction of sp³-hybridized carbons (Fsp3) is 0.526. The smallest absolute Gasteiger partial charge is 0.212 e. The van der Waals surface area contributed by atoms with Crippen LogP contribution < -0.4 is 10.1 Å². The van der Waals surface area contributed by atoms with Gasteiger partial charge in [0.05, 0.1) is 11.7 Å². The number of ether oxygens (including phenoxy) is 1. The number of hydrogen-bond donors (Lipinski definition) is 1. The molecule has 0 aliphatic heterocycles. The third kappa shape index (κ3) is 4.14. The summed E-state index contributed by atoms with van der Waals surface area (Å²) in [6, 6.07) is 12.9. The molecule has 0 bridgehead atoms. The molecule has 0 amide bonds. The van der Waals surface area contributed by atoms with E-state index in [4.69, 9.17) is 9.84 Å². The summed E-state index contributed by atoms with van der Waals surface area (Å²) in [4.78, 5) is 0. The number of benzene rings is 1. The number of nitrogens with one attached hydrogen (secondary N) is 1. The van der Waals surface area contributed by atoms with Crippen molar-refractivity contribution < 1.29 is 4.74 Å². The third-order valence-corrected chi connectivity index (χ3v) is 4.67. The molecule has 4 nitrogen and oxygen atoms in total. The van der Waals surface area contributed by atoms with E-state index >= 15 is 0 Å². The predicted octanol–water partition coefficient (Wildman–Crippen LogP) is 3.93. The molecule has 0 spiro atoms. The normalized spacial score (nSPS) is 21.3. The molecule has 0 radical (unpaired) electrons. The standard InChI is InChI=1S/C19H27N3O/c1-15-8-10-18(11-9-15)22-19(12-17(21-22)13-20-2)23-14-16-6-4-3-5-7-16/h3-7,12,15,18,20H,8-11,13-14H2,1-2H3. The van der Waals surface area contributed by atoms with Gasteiger partial charge in [0.2, 0.25) is 5.88 Å². The Morgan fingerprint density at radius 2 is 1.91 bits per heavy atom. The van der Waals surface area contributed by atoms with Gasteiger partial charge in [0.15, 0.2) is 0 Å². The molecule has 1 aliphatic carbocycles. The zero-order chi connectivity index (χ0) is 16.1. The van der Waals surface area contributed by atoms with Crippen LogP contribution in [0, 0.1) is 5.92 Å². The second-order valence-corrected chi connectivity index (χ2v) is 6.64. The molecule has 1 fully saturated rings. The van der Waals surface area contributed by atoms with Crippen LogP contribution in [0.3, 0.4) is 0 Å². The van der Waals surface area contributed by atoms with Crippen LogP contribution in [-0.2, 0) is 13.2 Å². The molecule has 0 unspecified atom stereocenters. The molecule has 1 heterocycles. The first-order chi connectivity index (χ1) is 11.3.